The second-order valence-corrected chi connectivity index (χ2v) is 7.61. The lowest BCUT2D eigenvalue weighted by Gasteiger charge is -2.15. The van der Waals surface area contributed by atoms with Crippen molar-refractivity contribution in [3.05, 3.63) is 59.9 Å². The summed E-state index contributed by atoms with van der Waals surface area (Å²) in [5.41, 5.74) is 1.86. The van der Waals surface area contributed by atoms with Crippen molar-refractivity contribution >= 4 is 23.5 Å². The molecule has 5 nitrogen and oxygen atoms in total. The lowest BCUT2D eigenvalue weighted by Crippen LogP contribution is -2.36. The molecule has 1 saturated heterocycles. The molecule has 2 amide bonds. The molecule has 0 unspecified atom stereocenters. The standard InChI is InChI=1S/C20H24FN3O2S/c21-16-3-7-19(8-4-16)27-14-15-1-5-17(6-2-15)23-20(26)22-10-12-24-11-9-18(25)13-24/h1-8,18,25H,9-14H2,(H2,22,23,26)/t18-/m0/s1. The molecular weight excluding hydrogens is 365 g/mol. The number of hydrogen-bond acceptors (Lipinski definition) is 4. The fraction of sp³-hybridized carbons (Fsp3) is 0.350. The molecule has 0 radical (unpaired) electrons. The number of anilines is 1. The highest BCUT2D eigenvalue weighted by molar-refractivity contribution is 7.98. The molecule has 1 fully saturated rings. The van der Waals surface area contributed by atoms with Gasteiger partial charge in [-0.05, 0) is 48.4 Å². The van der Waals surface area contributed by atoms with Crippen LogP contribution in [0.4, 0.5) is 14.9 Å². The highest BCUT2D eigenvalue weighted by Crippen LogP contribution is 2.23. The number of aliphatic hydroxyl groups is 1. The molecule has 1 atom stereocenters. The molecular formula is C20H24FN3O2S. The number of carbonyl (C=O) groups excluding carboxylic acids is 1. The molecule has 7 heteroatoms. The Balaban J connectivity index is 1.37. The zero-order valence-corrected chi connectivity index (χ0v) is 15.8. The minimum Gasteiger partial charge on any atom is -0.392 e. The Morgan fingerprint density at radius 1 is 1.19 bits per heavy atom. The summed E-state index contributed by atoms with van der Waals surface area (Å²) < 4.78 is 12.9. The third-order valence-electron chi connectivity index (χ3n) is 4.39. The van der Waals surface area contributed by atoms with Gasteiger partial charge in [-0.25, -0.2) is 9.18 Å². The molecule has 0 saturated carbocycles. The molecule has 1 heterocycles. The number of hydrogen-bond donors (Lipinski definition) is 3. The summed E-state index contributed by atoms with van der Waals surface area (Å²) in [5.74, 6) is 0.547. The summed E-state index contributed by atoms with van der Waals surface area (Å²) >= 11 is 1.64. The maximum atomic E-state index is 12.9. The summed E-state index contributed by atoms with van der Waals surface area (Å²) in [6.07, 6.45) is 0.566. The number of nitrogens with one attached hydrogen (secondary N) is 2. The summed E-state index contributed by atoms with van der Waals surface area (Å²) in [4.78, 5) is 15.1. The second kappa shape index (κ2) is 9.73. The third-order valence-corrected chi connectivity index (χ3v) is 5.48. The number of β-amino-alcohol motifs (C(OH)–C–C–N with tert-alkyl or cyclic N) is 1. The molecule has 2 aromatic carbocycles. The van der Waals surface area contributed by atoms with Crippen LogP contribution >= 0.6 is 11.8 Å². The van der Waals surface area contributed by atoms with Crippen LogP contribution < -0.4 is 10.6 Å². The average Bonchev–Trinajstić information content (AvgIpc) is 3.07. The number of aliphatic hydroxyl groups excluding tert-OH is 1. The van der Waals surface area contributed by atoms with Crippen molar-refractivity contribution in [3.63, 3.8) is 0 Å². The second-order valence-electron chi connectivity index (χ2n) is 6.56. The first-order valence-electron chi connectivity index (χ1n) is 9.01. The van der Waals surface area contributed by atoms with Crippen molar-refractivity contribution in [2.24, 2.45) is 0 Å². The first kappa shape index (κ1) is 19.7. The molecule has 1 aliphatic rings. The minimum absolute atomic E-state index is 0.230. The fourth-order valence-electron chi connectivity index (χ4n) is 2.90. The Morgan fingerprint density at radius 3 is 2.59 bits per heavy atom. The Morgan fingerprint density at radius 2 is 1.93 bits per heavy atom. The SMILES string of the molecule is O=C(NCCN1CC[C@H](O)C1)Nc1ccc(CSc2ccc(F)cc2)cc1. The van der Waals surface area contributed by atoms with Gasteiger partial charge in [-0.15, -0.1) is 11.8 Å². The number of likely N-dealkylation sites (tertiary alicyclic amines) is 1. The topological polar surface area (TPSA) is 64.6 Å². The molecule has 1 aliphatic heterocycles. The van der Waals surface area contributed by atoms with E-state index in [1.54, 1.807) is 23.9 Å². The van der Waals surface area contributed by atoms with Crippen LogP contribution in [0.15, 0.2) is 53.4 Å². The highest BCUT2D eigenvalue weighted by atomic mass is 32.2. The fourth-order valence-corrected chi connectivity index (χ4v) is 3.75. The number of benzene rings is 2. The van der Waals surface area contributed by atoms with Crippen LogP contribution in [-0.2, 0) is 5.75 Å². The van der Waals surface area contributed by atoms with E-state index in [1.807, 2.05) is 24.3 Å². The van der Waals surface area contributed by atoms with E-state index in [2.05, 4.69) is 15.5 Å². The number of amides is 2. The van der Waals surface area contributed by atoms with E-state index in [-0.39, 0.29) is 18.0 Å². The monoisotopic (exact) mass is 389 g/mol. The van der Waals surface area contributed by atoms with Gasteiger partial charge in [0, 0.05) is 42.5 Å². The van der Waals surface area contributed by atoms with Crippen molar-refractivity contribution in [2.75, 3.05) is 31.5 Å². The van der Waals surface area contributed by atoms with E-state index < -0.39 is 0 Å². The van der Waals surface area contributed by atoms with Crippen molar-refractivity contribution in [1.82, 2.24) is 10.2 Å². The molecule has 0 bridgehead atoms. The van der Waals surface area contributed by atoms with Gasteiger partial charge in [0.1, 0.15) is 5.82 Å². The zero-order valence-electron chi connectivity index (χ0n) is 15.0. The predicted molar refractivity (Wildman–Crippen MR) is 106 cm³/mol. The Kier molecular flexibility index (Phi) is 7.09. The number of nitrogens with zero attached hydrogens (tertiary/aromatic N) is 1. The normalized spacial score (nSPS) is 17.0. The zero-order chi connectivity index (χ0) is 19.1. The molecule has 0 aromatic heterocycles. The number of rotatable bonds is 7. The Hall–Kier alpha value is -2.09. The van der Waals surface area contributed by atoms with Crippen LogP contribution in [0.3, 0.4) is 0 Å². The predicted octanol–water partition coefficient (Wildman–Crippen LogP) is 3.31. The number of thioether (sulfide) groups is 1. The average molecular weight is 389 g/mol. The van der Waals surface area contributed by atoms with E-state index >= 15 is 0 Å². The quantitative estimate of drug-likeness (QED) is 0.636. The van der Waals surface area contributed by atoms with Crippen LogP contribution in [-0.4, -0.2) is 48.3 Å². The molecule has 3 N–H and O–H groups in total. The van der Waals surface area contributed by atoms with E-state index in [4.69, 9.17) is 0 Å². The molecule has 3 rings (SSSR count). The van der Waals surface area contributed by atoms with E-state index in [1.165, 1.54) is 12.1 Å². The maximum Gasteiger partial charge on any atom is 0.319 e. The van der Waals surface area contributed by atoms with Gasteiger partial charge >= 0.3 is 6.03 Å². The summed E-state index contributed by atoms with van der Waals surface area (Å²) in [5, 5.41) is 15.1. The molecule has 0 aliphatic carbocycles. The highest BCUT2D eigenvalue weighted by Gasteiger charge is 2.19. The summed E-state index contributed by atoms with van der Waals surface area (Å²) in [6.45, 7) is 2.84. The smallest absolute Gasteiger partial charge is 0.319 e. The molecule has 2 aromatic rings. The van der Waals surface area contributed by atoms with E-state index in [0.29, 0.717) is 13.1 Å². The van der Waals surface area contributed by atoms with E-state index in [9.17, 15) is 14.3 Å². The Bertz CT molecular complexity index is 740. The first-order valence-corrected chi connectivity index (χ1v) is 9.99. The lowest BCUT2D eigenvalue weighted by atomic mass is 10.2. The molecule has 27 heavy (non-hydrogen) atoms. The van der Waals surface area contributed by atoms with Crippen molar-refractivity contribution in [2.45, 2.75) is 23.2 Å². The van der Waals surface area contributed by atoms with Crippen LogP contribution in [0.1, 0.15) is 12.0 Å². The van der Waals surface area contributed by atoms with Gasteiger partial charge in [0.25, 0.3) is 0 Å². The van der Waals surface area contributed by atoms with Gasteiger partial charge in [0.15, 0.2) is 0 Å². The van der Waals surface area contributed by atoms with Crippen molar-refractivity contribution < 1.29 is 14.3 Å². The number of carbonyl (C=O) groups is 1. The van der Waals surface area contributed by atoms with Gasteiger partial charge in [-0.3, -0.25) is 4.90 Å². The van der Waals surface area contributed by atoms with Crippen LogP contribution in [0.25, 0.3) is 0 Å². The maximum absolute atomic E-state index is 12.9. The third kappa shape index (κ3) is 6.53. The number of urea groups is 1. The van der Waals surface area contributed by atoms with Gasteiger partial charge in [-0.2, -0.15) is 0 Å². The van der Waals surface area contributed by atoms with E-state index in [0.717, 1.165) is 41.4 Å². The van der Waals surface area contributed by atoms with Gasteiger partial charge in [0.05, 0.1) is 6.10 Å². The van der Waals surface area contributed by atoms with Crippen LogP contribution in [0.2, 0.25) is 0 Å². The minimum atomic E-state index is -0.237. The van der Waals surface area contributed by atoms with Crippen molar-refractivity contribution in [1.29, 1.82) is 0 Å². The van der Waals surface area contributed by atoms with Gasteiger partial charge in [0.2, 0.25) is 0 Å². The summed E-state index contributed by atoms with van der Waals surface area (Å²) in [6, 6.07) is 13.9. The lowest BCUT2D eigenvalue weighted by molar-refractivity contribution is 0.176. The first-order chi connectivity index (χ1) is 13.1. The summed E-state index contributed by atoms with van der Waals surface area (Å²) in [7, 11) is 0. The molecule has 0 spiro atoms. The largest absolute Gasteiger partial charge is 0.392 e. The number of halogens is 1. The van der Waals surface area contributed by atoms with Crippen LogP contribution in [0.5, 0.6) is 0 Å². The van der Waals surface area contributed by atoms with Crippen molar-refractivity contribution in [3.8, 4) is 0 Å². The molecule has 144 valence electrons. The Labute approximate surface area is 163 Å². The van der Waals surface area contributed by atoms with Gasteiger partial charge in [-0.1, -0.05) is 12.1 Å². The van der Waals surface area contributed by atoms with Gasteiger partial charge < -0.3 is 15.7 Å². The van der Waals surface area contributed by atoms with Crippen LogP contribution in [0, 0.1) is 5.82 Å².